The van der Waals surface area contributed by atoms with Gasteiger partial charge in [0, 0.05) is 6.54 Å². The fourth-order valence-corrected chi connectivity index (χ4v) is 2.66. The van der Waals surface area contributed by atoms with Crippen LogP contribution in [0, 0.1) is 11.3 Å². The summed E-state index contributed by atoms with van der Waals surface area (Å²) >= 11 is 0. The van der Waals surface area contributed by atoms with Gasteiger partial charge in [-0.3, -0.25) is 4.79 Å². The third kappa shape index (κ3) is 4.52. The van der Waals surface area contributed by atoms with Gasteiger partial charge in [0.05, 0.1) is 6.42 Å². The lowest BCUT2D eigenvalue weighted by molar-refractivity contribution is -0.140. The van der Waals surface area contributed by atoms with Gasteiger partial charge in [-0.1, -0.05) is 33.1 Å². The molecule has 0 unspecified atom stereocenters. The number of aliphatic carboxylic acids is 1. The Labute approximate surface area is 98.6 Å². The second kappa shape index (κ2) is 6.24. The van der Waals surface area contributed by atoms with E-state index in [1.165, 1.54) is 19.3 Å². The molecule has 0 amide bonds. The van der Waals surface area contributed by atoms with Crippen molar-refractivity contribution in [2.24, 2.45) is 11.3 Å². The normalized spacial score (nSPS) is 19.9. The van der Waals surface area contributed by atoms with Crippen LogP contribution in [0.1, 0.15) is 52.4 Å². The Morgan fingerprint density at radius 2 is 1.94 bits per heavy atom. The van der Waals surface area contributed by atoms with Gasteiger partial charge in [-0.25, -0.2) is 0 Å². The summed E-state index contributed by atoms with van der Waals surface area (Å²) < 4.78 is 0. The standard InChI is InChI=1S/C13H25NO2/c1-11(2)9-14-10-13(8-12(15)16)6-4-3-5-7-13/h11,14H,3-10H2,1-2H3,(H,15,16). The zero-order chi connectivity index (χ0) is 12.0. The molecule has 3 heteroatoms. The van der Waals surface area contributed by atoms with E-state index in [1.54, 1.807) is 0 Å². The third-order valence-electron chi connectivity index (χ3n) is 3.49. The van der Waals surface area contributed by atoms with Gasteiger partial charge in [0.25, 0.3) is 0 Å². The van der Waals surface area contributed by atoms with Crippen LogP contribution in [0.15, 0.2) is 0 Å². The first-order valence-corrected chi connectivity index (χ1v) is 6.47. The molecule has 94 valence electrons. The van der Waals surface area contributed by atoms with Gasteiger partial charge in [-0.05, 0) is 30.7 Å². The van der Waals surface area contributed by atoms with Crippen molar-refractivity contribution in [1.29, 1.82) is 0 Å². The molecule has 1 saturated carbocycles. The molecule has 0 saturated heterocycles. The molecular formula is C13H25NO2. The monoisotopic (exact) mass is 227 g/mol. The van der Waals surface area contributed by atoms with Crippen LogP contribution in [0.3, 0.4) is 0 Å². The van der Waals surface area contributed by atoms with Crippen molar-refractivity contribution < 1.29 is 9.90 Å². The van der Waals surface area contributed by atoms with Gasteiger partial charge in [0.2, 0.25) is 0 Å². The first-order valence-electron chi connectivity index (χ1n) is 6.47. The minimum atomic E-state index is -0.645. The molecule has 2 N–H and O–H groups in total. The highest BCUT2D eigenvalue weighted by atomic mass is 16.4. The van der Waals surface area contributed by atoms with Crippen LogP contribution < -0.4 is 5.32 Å². The van der Waals surface area contributed by atoms with E-state index in [0.29, 0.717) is 12.3 Å². The molecule has 0 aromatic rings. The summed E-state index contributed by atoms with van der Waals surface area (Å²) in [4.78, 5) is 10.9. The molecule has 3 nitrogen and oxygen atoms in total. The van der Waals surface area contributed by atoms with Crippen LogP contribution >= 0.6 is 0 Å². The summed E-state index contributed by atoms with van der Waals surface area (Å²) in [6, 6.07) is 0. The molecule has 0 aliphatic heterocycles. The fourth-order valence-electron chi connectivity index (χ4n) is 2.66. The lowest BCUT2D eigenvalue weighted by Gasteiger charge is -2.36. The van der Waals surface area contributed by atoms with Gasteiger partial charge >= 0.3 is 5.97 Å². The lowest BCUT2D eigenvalue weighted by atomic mass is 9.71. The molecule has 0 aromatic carbocycles. The van der Waals surface area contributed by atoms with E-state index in [1.807, 2.05) is 0 Å². The van der Waals surface area contributed by atoms with Crippen molar-refractivity contribution in [2.75, 3.05) is 13.1 Å². The Hall–Kier alpha value is -0.570. The molecule has 1 aliphatic rings. The van der Waals surface area contributed by atoms with Crippen LogP contribution in [0.2, 0.25) is 0 Å². The Balaban J connectivity index is 2.45. The summed E-state index contributed by atoms with van der Waals surface area (Å²) in [7, 11) is 0. The van der Waals surface area contributed by atoms with E-state index < -0.39 is 5.97 Å². The zero-order valence-corrected chi connectivity index (χ0v) is 10.6. The molecule has 1 fully saturated rings. The highest BCUT2D eigenvalue weighted by molar-refractivity contribution is 5.67. The van der Waals surface area contributed by atoms with Gasteiger partial charge in [0.15, 0.2) is 0 Å². The molecule has 1 aliphatic carbocycles. The third-order valence-corrected chi connectivity index (χ3v) is 3.49. The van der Waals surface area contributed by atoms with Gasteiger partial charge in [0.1, 0.15) is 0 Å². The maximum atomic E-state index is 10.9. The highest BCUT2D eigenvalue weighted by Gasteiger charge is 2.33. The molecular weight excluding hydrogens is 202 g/mol. The van der Waals surface area contributed by atoms with Crippen molar-refractivity contribution in [3.05, 3.63) is 0 Å². The molecule has 0 aromatic heterocycles. The van der Waals surface area contributed by atoms with Crippen LogP contribution in [0.5, 0.6) is 0 Å². The number of nitrogens with one attached hydrogen (secondary N) is 1. The molecule has 0 spiro atoms. The predicted octanol–water partition coefficient (Wildman–Crippen LogP) is 2.66. The van der Waals surface area contributed by atoms with E-state index in [4.69, 9.17) is 5.11 Å². The molecule has 0 radical (unpaired) electrons. The molecule has 0 bridgehead atoms. The SMILES string of the molecule is CC(C)CNCC1(CC(=O)O)CCCCC1. The number of carbonyl (C=O) groups is 1. The summed E-state index contributed by atoms with van der Waals surface area (Å²) in [5.74, 6) is -0.0151. The van der Waals surface area contributed by atoms with Crippen molar-refractivity contribution in [3.8, 4) is 0 Å². The molecule has 0 atom stereocenters. The summed E-state index contributed by atoms with van der Waals surface area (Å²) in [6.45, 7) is 6.22. The number of carboxylic acids is 1. The summed E-state index contributed by atoms with van der Waals surface area (Å²) in [5.41, 5.74) is 0.0268. The first-order chi connectivity index (χ1) is 7.54. The number of rotatable bonds is 6. The fraction of sp³-hybridized carbons (Fsp3) is 0.923. The van der Waals surface area contributed by atoms with E-state index in [2.05, 4.69) is 19.2 Å². The highest BCUT2D eigenvalue weighted by Crippen LogP contribution is 2.38. The zero-order valence-electron chi connectivity index (χ0n) is 10.6. The molecule has 0 heterocycles. The Kier molecular flexibility index (Phi) is 5.26. The average molecular weight is 227 g/mol. The number of hydrogen-bond donors (Lipinski definition) is 2. The van der Waals surface area contributed by atoms with Gasteiger partial charge in [-0.15, -0.1) is 0 Å². The van der Waals surface area contributed by atoms with Crippen LogP contribution in [0.25, 0.3) is 0 Å². The van der Waals surface area contributed by atoms with Gasteiger partial charge < -0.3 is 10.4 Å². The largest absolute Gasteiger partial charge is 0.481 e. The van der Waals surface area contributed by atoms with E-state index in [-0.39, 0.29) is 5.41 Å². The van der Waals surface area contributed by atoms with Crippen LogP contribution in [-0.2, 0) is 4.79 Å². The summed E-state index contributed by atoms with van der Waals surface area (Å²) in [6.07, 6.45) is 6.13. The molecule has 1 rings (SSSR count). The van der Waals surface area contributed by atoms with Gasteiger partial charge in [-0.2, -0.15) is 0 Å². The Morgan fingerprint density at radius 3 is 2.44 bits per heavy atom. The first kappa shape index (κ1) is 13.5. The van der Waals surface area contributed by atoms with Crippen molar-refractivity contribution in [3.63, 3.8) is 0 Å². The van der Waals surface area contributed by atoms with Crippen molar-refractivity contribution in [2.45, 2.75) is 52.4 Å². The summed E-state index contributed by atoms with van der Waals surface area (Å²) in [5, 5.41) is 12.4. The maximum absolute atomic E-state index is 10.9. The minimum Gasteiger partial charge on any atom is -0.481 e. The lowest BCUT2D eigenvalue weighted by Crippen LogP contribution is -2.39. The minimum absolute atomic E-state index is 0.0268. The van der Waals surface area contributed by atoms with E-state index in [0.717, 1.165) is 25.9 Å². The quantitative estimate of drug-likeness (QED) is 0.733. The predicted molar refractivity (Wildman–Crippen MR) is 65.5 cm³/mol. The van der Waals surface area contributed by atoms with Crippen LogP contribution in [-0.4, -0.2) is 24.2 Å². The topological polar surface area (TPSA) is 49.3 Å². The Bertz CT molecular complexity index is 220. The van der Waals surface area contributed by atoms with Crippen LogP contribution in [0.4, 0.5) is 0 Å². The smallest absolute Gasteiger partial charge is 0.303 e. The maximum Gasteiger partial charge on any atom is 0.303 e. The van der Waals surface area contributed by atoms with E-state index in [9.17, 15) is 4.79 Å². The van der Waals surface area contributed by atoms with E-state index >= 15 is 0 Å². The number of hydrogen-bond acceptors (Lipinski definition) is 2. The van der Waals surface area contributed by atoms with Crippen molar-refractivity contribution in [1.82, 2.24) is 5.32 Å². The second-order valence-electron chi connectivity index (χ2n) is 5.66. The Morgan fingerprint density at radius 1 is 1.31 bits per heavy atom. The van der Waals surface area contributed by atoms with Crippen molar-refractivity contribution >= 4 is 5.97 Å². The molecule has 16 heavy (non-hydrogen) atoms. The second-order valence-corrected chi connectivity index (χ2v) is 5.66. The number of carboxylic acid groups (broad SMARTS) is 1. The average Bonchev–Trinajstić information content (AvgIpc) is 2.17.